The van der Waals surface area contributed by atoms with E-state index >= 15 is 0 Å². The van der Waals surface area contributed by atoms with Crippen LogP contribution < -0.4 is 0 Å². The molecule has 0 N–H and O–H groups in total. The van der Waals surface area contributed by atoms with E-state index in [1.165, 1.54) is 22.3 Å². The van der Waals surface area contributed by atoms with Crippen molar-refractivity contribution in [3.63, 3.8) is 0 Å². The van der Waals surface area contributed by atoms with Gasteiger partial charge in [-0.1, -0.05) is 30.5 Å². The van der Waals surface area contributed by atoms with E-state index in [9.17, 15) is 4.79 Å². The van der Waals surface area contributed by atoms with Gasteiger partial charge in [0.2, 0.25) is 6.08 Å². The van der Waals surface area contributed by atoms with Gasteiger partial charge in [-0.05, 0) is 50.3 Å². The van der Waals surface area contributed by atoms with Gasteiger partial charge in [-0.15, -0.1) is 0 Å². The van der Waals surface area contributed by atoms with E-state index in [-0.39, 0.29) is 5.54 Å². The molecule has 0 saturated heterocycles. The Kier molecular flexibility index (Phi) is 3.17. The third-order valence-corrected chi connectivity index (χ3v) is 3.83. The summed E-state index contributed by atoms with van der Waals surface area (Å²) >= 11 is 0. The summed E-state index contributed by atoms with van der Waals surface area (Å²) in [5.41, 5.74) is 4.74. The molecule has 0 heterocycles. The number of isocyanates is 1. The molecule has 0 aromatic heterocycles. The average molecular weight is 229 g/mol. The maximum absolute atomic E-state index is 10.7. The minimum absolute atomic E-state index is 0.288. The molecule has 0 aliphatic heterocycles. The fourth-order valence-electron chi connectivity index (χ4n) is 3.38. The lowest BCUT2D eigenvalue weighted by molar-refractivity contribution is 0.451. The van der Waals surface area contributed by atoms with Crippen LogP contribution in [0.25, 0.3) is 0 Å². The molecule has 0 bridgehead atoms. The first kappa shape index (κ1) is 12.1. The highest BCUT2D eigenvalue weighted by Gasteiger charge is 2.37. The van der Waals surface area contributed by atoms with Gasteiger partial charge in [-0.2, -0.15) is 4.99 Å². The second-order valence-electron chi connectivity index (χ2n) is 5.22. The van der Waals surface area contributed by atoms with Crippen LogP contribution in [0.3, 0.4) is 0 Å². The first-order valence-corrected chi connectivity index (χ1v) is 6.26. The summed E-state index contributed by atoms with van der Waals surface area (Å²) in [6, 6.07) is 4.37. The fraction of sp³-hybridized carbons (Fsp3) is 0.533. The lowest BCUT2D eigenvalue weighted by atomic mass is 9.82. The Bertz CT molecular complexity index is 455. The Morgan fingerprint density at radius 2 is 1.65 bits per heavy atom. The summed E-state index contributed by atoms with van der Waals surface area (Å²) in [6.07, 6.45) is 6.05. The van der Waals surface area contributed by atoms with Crippen molar-refractivity contribution >= 4 is 6.08 Å². The number of nitrogens with zero attached hydrogens (tertiary/aromatic N) is 1. The molecule has 1 aliphatic carbocycles. The largest absolute Gasteiger partial charge is 0.235 e. The number of rotatable bonds is 2. The molecule has 0 radical (unpaired) electrons. The minimum atomic E-state index is -0.288. The number of hydrogen-bond acceptors (Lipinski definition) is 2. The van der Waals surface area contributed by atoms with Crippen molar-refractivity contribution in [1.29, 1.82) is 0 Å². The zero-order chi connectivity index (χ0) is 12.5. The van der Waals surface area contributed by atoms with E-state index in [2.05, 4.69) is 37.9 Å². The highest BCUT2D eigenvalue weighted by molar-refractivity contribution is 5.46. The summed E-state index contributed by atoms with van der Waals surface area (Å²) in [5, 5.41) is 0. The van der Waals surface area contributed by atoms with Crippen LogP contribution in [0.2, 0.25) is 0 Å². The van der Waals surface area contributed by atoms with E-state index in [4.69, 9.17) is 0 Å². The predicted molar refractivity (Wildman–Crippen MR) is 68.9 cm³/mol. The fourth-order valence-corrected chi connectivity index (χ4v) is 3.38. The van der Waals surface area contributed by atoms with Crippen molar-refractivity contribution in [2.75, 3.05) is 0 Å². The number of benzene rings is 1. The van der Waals surface area contributed by atoms with Gasteiger partial charge in [0, 0.05) is 0 Å². The summed E-state index contributed by atoms with van der Waals surface area (Å²) in [7, 11) is 0. The van der Waals surface area contributed by atoms with Crippen LogP contribution in [-0.4, -0.2) is 6.08 Å². The first-order valence-electron chi connectivity index (χ1n) is 6.26. The third kappa shape index (κ3) is 2.05. The molecule has 0 unspecified atom stereocenters. The molecule has 0 amide bonds. The monoisotopic (exact) mass is 229 g/mol. The van der Waals surface area contributed by atoms with Crippen LogP contribution >= 0.6 is 0 Å². The van der Waals surface area contributed by atoms with Crippen LogP contribution in [0.15, 0.2) is 17.1 Å². The van der Waals surface area contributed by atoms with Crippen molar-refractivity contribution in [1.82, 2.24) is 0 Å². The van der Waals surface area contributed by atoms with Crippen LogP contribution in [0.5, 0.6) is 0 Å². The van der Waals surface area contributed by atoms with Gasteiger partial charge in [0.05, 0.1) is 5.54 Å². The van der Waals surface area contributed by atoms with Crippen molar-refractivity contribution in [2.24, 2.45) is 4.99 Å². The van der Waals surface area contributed by atoms with Crippen LogP contribution in [0.1, 0.15) is 47.9 Å². The van der Waals surface area contributed by atoms with Gasteiger partial charge in [0.25, 0.3) is 0 Å². The SMILES string of the molecule is Cc1cc(C)c(C2(N=C=O)CCCC2)c(C)c1. The Morgan fingerprint density at radius 3 is 2.12 bits per heavy atom. The molecule has 2 rings (SSSR count). The van der Waals surface area contributed by atoms with E-state index in [0.29, 0.717) is 0 Å². The second-order valence-corrected chi connectivity index (χ2v) is 5.22. The smallest absolute Gasteiger partial charge is 0.211 e. The lowest BCUT2D eigenvalue weighted by Gasteiger charge is -2.27. The molecule has 1 fully saturated rings. The number of hydrogen-bond donors (Lipinski definition) is 0. The van der Waals surface area contributed by atoms with E-state index in [0.717, 1.165) is 25.7 Å². The number of aryl methyl sites for hydroxylation is 3. The molecular formula is C15H19NO. The highest BCUT2D eigenvalue weighted by atomic mass is 16.1. The topological polar surface area (TPSA) is 29.4 Å². The summed E-state index contributed by atoms with van der Waals surface area (Å²) < 4.78 is 0. The maximum atomic E-state index is 10.7. The molecule has 0 spiro atoms. The molecular weight excluding hydrogens is 210 g/mol. The summed E-state index contributed by atoms with van der Waals surface area (Å²) in [6.45, 7) is 6.35. The molecule has 2 heteroatoms. The van der Waals surface area contributed by atoms with E-state index in [1.54, 1.807) is 6.08 Å². The quantitative estimate of drug-likeness (QED) is 0.561. The second kappa shape index (κ2) is 4.46. The lowest BCUT2D eigenvalue weighted by Crippen LogP contribution is -2.22. The van der Waals surface area contributed by atoms with E-state index < -0.39 is 0 Å². The zero-order valence-corrected chi connectivity index (χ0v) is 10.8. The number of carbonyl (C=O) groups excluding carboxylic acids is 1. The number of aliphatic imine (C=N–C) groups is 1. The van der Waals surface area contributed by atoms with Crippen molar-refractivity contribution < 1.29 is 4.79 Å². The minimum Gasteiger partial charge on any atom is -0.211 e. The first-order chi connectivity index (χ1) is 8.09. The Morgan fingerprint density at radius 1 is 1.12 bits per heavy atom. The molecule has 2 nitrogen and oxygen atoms in total. The summed E-state index contributed by atoms with van der Waals surface area (Å²) in [4.78, 5) is 14.9. The van der Waals surface area contributed by atoms with Gasteiger partial charge in [0.1, 0.15) is 0 Å². The normalized spacial score (nSPS) is 17.8. The van der Waals surface area contributed by atoms with Crippen molar-refractivity contribution in [2.45, 2.75) is 52.0 Å². The Balaban J connectivity index is 2.61. The third-order valence-electron chi connectivity index (χ3n) is 3.83. The molecule has 0 atom stereocenters. The van der Waals surface area contributed by atoms with Gasteiger partial charge in [-0.3, -0.25) is 0 Å². The molecule has 1 saturated carbocycles. The molecule has 1 aromatic carbocycles. The standard InChI is InChI=1S/C15H19NO/c1-11-8-12(2)14(13(3)9-11)15(16-10-17)6-4-5-7-15/h8-9H,4-7H2,1-3H3. The molecule has 90 valence electrons. The van der Waals surface area contributed by atoms with E-state index in [1.807, 2.05) is 0 Å². The zero-order valence-electron chi connectivity index (χ0n) is 10.8. The van der Waals surface area contributed by atoms with Crippen molar-refractivity contribution in [3.8, 4) is 0 Å². The Labute approximate surface area is 103 Å². The van der Waals surface area contributed by atoms with Crippen LogP contribution in [-0.2, 0) is 10.3 Å². The summed E-state index contributed by atoms with van der Waals surface area (Å²) in [5.74, 6) is 0. The molecule has 17 heavy (non-hydrogen) atoms. The van der Waals surface area contributed by atoms with Crippen LogP contribution in [0.4, 0.5) is 0 Å². The maximum Gasteiger partial charge on any atom is 0.235 e. The average Bonchev–Trinajstić information content (AvgIpc) is 2.66. The molecule has 1 aliphatic rings. The predicted octanol–water partition coefficient (Wildman–Crippen LogP) is 3.72. The highest BCUT2D eigenvalue weighted by Crippen LogP contribution is 2.44. The Hall–Kier alpha value is -1.40. The van der Waals surface area contributed by atoms with Gasteiger partial charge >= 0.3 is 0 Å². The van der Waals surface area contributed by atoms with Crippen molar-refractivity contribution in [3.05, 3.63) is 34.4 Å². The van der Waals surface area contributed by atoms with Gasteiger partial charge in [-0.25, -0.2) is 4.79 Å². The van der Waals surface area contributed by atoms with Gasteiger partial charge < -0.3 is 0 Å². The molecule has 1 aromatic rings. The van der Waals surface area contributed by atoms with Gasteiger partial charge in [0.15, 0.2) is 0 Å². The van der Waals surface area contributed by atoms with Crippen LogP contribution in [0, 0.1) is 20.8 Å².